The number of hydrogen-bond acceptors (Lipinski definition) is 4. The molecule has 0 bridgehead atoms. The van der Waals surface area contributed by atoms with Gasteiger partial charge in [0.1, 0.15) is 0 Å². The number of rotatable bonds is 8. The maximum absolute atomic E-state index is 11.6. The van der Waals surface area contributed by atoms with Crippen LogP contribution in [-0.2, 0) is 16.0 Å². The Balaban J connectivity index is 2.40. The number of Topliss-reactive ketones (excluding diaryl/α,β-unsaturated/α-hetero) is 1. The number of anilines is 1. The lowest BCUT2D eigenvalue weighted by molar-refractivity contribution is -0.153. The van der Waals surface area contributed by atoms with Crippen molar-refractivity contribution in [2.75, 3.05) is 25.9 Å². The SMILES string of the molecule is CN(CCc1ccc(N)cc1)CCC(C)(C)C(=O)C(=O)O. The van der Waals surface area contributed by atoms with Gasteiger partial charge in [0.15, 0.2) is 0 Å². The van der Waals surface area contributed by atoms with Gasteiger partial charge < -0.3 is 15.7 Å². The van der Waals surface area contributed by atoms with E-state index in [9.17, 15) is 9.59 Å². The summed E-state index contributed by atoms with van der Waals surface area (Å²) < 4.78 is 0. The summed E-state index contributed by atoms with van der Waals surface area (Å²) in [5.74, 6) is -2.08. The molecule has 0 aliphatic heterocycles. The van der Waals surface area contributed by atoms with Gasteiger partial charge in [-0.3, -0.25) is 4.79 Å². The van der Waals surface area contributed by atoms with Crippen LogP contribution in [0, 0.1) is 5.41 Å². The molecule has 0 aliphatic carbocycles. The lowest BCUT2D eigenvalue weighted by atomic mass is 9.84. The molecule has 0 fully saturated rings. The van der Waals surface area contributed by atoms with Crippen molar-refractivity contribution in [3.05, 3.63) is 29.8 Å². The molecular weight excluding hydrogens is 268 g/mol. The number of carboxylic acid groups (broad SMARTS) is 1. The van der Waals surface area contributed by atoms with Crippen LogP contribution in [0.5, 0.6) is 0 Å². The van der Waals surface area contributed by atoms with E-state index in [0.717, 1.165) is 18.7 Å². The van der Waals surface area contributed by atoms with Crippen LogP contribution in [0.25, 0.3) is 0 Å². The molecule has 0 atom stereocenters. The third-order valence-electron chi connectivity index (χ3n) is 3.69. The Morgan fingerprint density at radius 3 is 2.29 bits per heavy atom. The van der Waals surface area contributed by atoms with Crippen molar-refractivity contribution >= 4 is 17.4 Å². The predicted molar refractivity (Wildman–Crippen MR) is 83.1 cm³/mol. The van der Waals surface area contributed by atoms with Crippen LogP contribution >= 0.6 is 0 Å². The van der Waals surface area contributed by atoms with Crippen LogP contribution in [0.4, 0.5) is 5.69 Å². The zero-order valence-electron chi connectivity index (χ0n) is 12.9. The van der Waals surface area contributed by atoms with E-state index in [4.69, 9.17) is 10.8 Å². The van der Waals surface area contributed by atoms with Crippen LogP contribution < -0.4 is 5.73 Å². The molecule has 0 aromatic heterocycles. The Morgan fingerprint density at radius 1 is 1.19 bits per heavy atom. The fourth-order valence-electron chi connectivity index (χ4n) is 1.99. The molecular formula is C16H24N2O3. The Morgan fingerprint density at radius 2 is 1.76 bits per heavy atom. The fourth-order valence-corrected chi connectivity index (χ4v) is 1.99. The van der Waals surface area contributed by atoms with Crippen LogP contribution in [-0.4, -0.2) is 41.9 Å². The minimum Gasteiger partial charge on any atom is -0.475 e. The van der Waals surface area contributed by atoms with Crippen molar-refractivity contribution in [1.29, 1.82) is 0 Å². The van der Waals surface area contributed by atoms with E-state index >= 15 is 0 Å². The van der Waals surface area contributed by atoms with E-state index in [1.807, 2.05) is 31.3 Å². The summed E-state index contributed by atoms with van der Waals surface area (Å²) in [4.78, 5) is 24.4. The molecule has 3 N–H and O–H groups in total. The van der Waals surface area contributed by atoms with Crippen molar-refractivity contribution in [2.24, 2.45) is 5.41 Å². The summed E-state index contributed by atoms with van der Waals surface area (Å²) in [6.07, 6.45) is 1.42. The highest BCUT2D eigenvalue weighted by atomic mass is 16.4. The largest absolute Gasteiger partial charge is 0.475 e. The summed E-state index contributed by atoms with van der Waals surface area (Å²) >= 11 is 0. The van der Waals surface area contributed by atoms with Gasteiger partial charge in [-0.25, -0.2) is 4.79 Å². The summed E-state index contributed by atoms with van der Waals surface area (Å²) in [6, 6.07) is 7.76. The maximum Gasteiger partial charge on any atom is 0.372 e. The number of nitrogens with zero attached hydrogens (tertiary/aromatic N) is 1. The van der Waals surface area contributed by atoms with E-state index in [-0.39, 0.29) is 0 Å². The normalized spacial score (nSPS) is 11.6. The number of aliphatic carboxylic acids is 1. The zero-order chi connectivity index (χ0) is 16.0. The number of carbonyl (C=O) groups is 2. The van der Waals surface area contributed by atoms with Gasteiger partial charge in [-0.2, -0.15) is 0 Å². The van der Waals surface area contributed by atoms with Crippen LogP contribution in [0.2, 0.25) is 0 Å². The Hall–Kier alpha value is -1.88. The number of carboxylic acids is 1. The van der Waals surface area contributed by atoms with E-state index in [1.165, 1.54) is 5.56 Å². The molecule has 1 aromatic carbocycles. The van der Waals surface area contributed by atoms with Gasteiger partial charge in [0.2, 0.25) is 5.78 Å². The van der Waals surface area contributed by atoms with Gasteiger partial charge in [0, 0.05) is 17.6 Å². The van der Waals surface area contributed by atoms with E-state index in [1.54, 1.807) is 13.8 Å². The Labute approximate surface area is 125 Å². The average Bonchev–Trinajstić information content (AvgIpc) is 2.43. The quantitative estimate of drug-likeness (QED) is 0.564. The maximum atomic E-state index is 11.6. The third kappa shape index (κ3) is 5.55. The van der Waals surface area contributed by atoms with Gasteiger partial charge >= 0.3 is 5.97 Å². The number of nitrogen functional groups attached to an aromatic ring is 1. The predicted octanol–water partition coefficient (Wildman–Crippen LogP) is 1.81. The lowest BCUT2D eigenvalue weighted by Crippen LogP contribution is -2.35. The second-order valence-corrected chi connectivity index (χ2v) is 6.06. The first kappa shape index (κ1) is 17.2. The second kappa shape index (κ2) is 7.22. The van der Waals surface area contributed by atoms with Crippen molar-refractivity contribution in [2.45, 2.75) is 26.7 Å². The van der Waals surface area contributed by atoms with Crippen molar-refractivity contribution in [3.63, 3.8) is 0 Å². The Kier molecular flexibility index (Phi) is 5.90. The molecule has 0 unspecified atom stereocenters. The fraction of sp³-hybridized carbons (Fsp3) is 0.500. The first-order valence-electron chi connectivity index (χ1n) is 7.03. The summed E-state index contributed by atoms with van der Waals surface area (Å²) in [6.45, 7) is 4.89. The number of carbonyl (C=O) groups excluding carboxylic acids is 1. The minimum absolute atomic E-state index is 0.524. The summed E-state index contributed by atoms with van der Waals surface area (Å²) in [5.41, 5.74) is 6.77. The lowest BCUT2D eigenvalue weighted by Gasteiger charge is -2.24. The molecule has 5 heteroatoms. The van der Waals surface area contributed by atoms with Crippen molar-refractivity contribution in [1.82, 2.24) is 4.90 Å². The first-order valence-corrected chi connectivity index (χ1v) is 7.03. The smallest absolute Gasteiger partial charge is 0.372 e. The molecule has 116 valence electrons. The number of hydrogen-bond donors (Lipinski definition) is 2. The molecule has 0 radical (unpaired) electrons. The zero-order valence-corrected chi connectivity index (χ0v) is 12.9. The van der Waals surface area contributed by atoms with Gasteiger partial charge in [-0.05, 0) is 44.1 Å². The van der Waals surface area contributed by atoms with Crippen LogP contribution in [0.3, 0.4) is 0 Å². The molecule has 21 heavy (non-hydrogen) atoms. The third-order valence-corrected chi connectivity index (χ3v) is 3.69. The monoisotopic (exact) mass is 292 g/mol. The van der Waals surface area contributed by atoms with Gasteiger partial charge in [0.25, 0.3) is 0 Å². The van der Waals surface area contributed by atoms with E-state index in [0.29, 0.717) is 13.0 Å². The van der Waals surface area contributed by atoms with Crippen LogP contribution in [0.15, 0.2) is 24.3 Å². The van der Waals surface area contributed by atoms with Gasteiger partial charge in [-0.15, -0.1) is 0 Å². The van der Waals surface area contributed by atoms with Crippen LogP contribution in [0.1, 0.15) is 25.8 Å². The molecule has 1 rings (SSSR count). The summed E-state index contributed by atoms with van der Waals surface area (Å²) in [7, 11) is 1.97. The molecule has 0 heterocycles. The molecule has 0 saturated heterocycles. The number of likely N-dealkylation sites (N-methyl/N-ethyl adjacent to an activating group) is 1. The number of ketones is 1. The Bertz CT molecular complexity index is 495. The van der Waals surface area contributed by atoms with Gasteiger partial charge in [-0.1, -0.05) is 26.0 Å². The molecule has 0 amide bonds. The van der Waals surface area contributed by atoms with E-state index in [2.05, 4.69) is 4.90 Å². The van der Waals surface area contributed by atoms with E-state index < -0.39 is 17.2 Å². The molecule has 1 aromatic rings. The molecule has 5 nitrogen and oxygen atoms in total. The summed E-state index contributed by atoms with van der Waals surface area (Å²) in [5, 5.41) is 8.78. The topological polar surface area (TPSA) is 83.6 Å². The highest BCUT2D eigenvalue weighted by molar-refractivity contribution is 6.34. The standard InChI is InChI=1S/C16H24N2O3/c1-16(2,14(19)15(20)21)9-11-18(3)10-8-12-4-6-13(17)7-5-12/h4-7H,8-11,17H2,1-3H3,(H,20,21). The van der Waals surface area contributed by atoms with Gasteiger partial charge in [0.05, 0.1) is 0 Å². The van der Waals surface area contributed by atoms with Crippen molar-refractivity contribution in [3.8, 4) is 0 Å². The molecule has 0 saturated carbocycles. The average molecular weight is 292 g/mol. The highest BCUT2D eigenvalue weighted by Crippen LogP contribution is 2.22. The van der Waals surface area contributed by atoms with Crippen molar-refractivity contribution < 1.29 is 14.7 Å². The first-order chi connectivity index (χ1) is 9.72. The molecule has 0 spiro atoms. The minimum atomic E-state index is -1.36. The number of benzene rings is 1. The number of nitrogens with two attached hydrogens (primary N) is 1. The second-order valence-electron chi connectivity index (χ2n) is 6.06. The highest BCUT2D eigenvalue weighted by Gasteiger charge is 2.32. The molecule has 0 aliphatic rings.